The fourth-order valence-electron chi connectivity index (χ4n) is 7.60. The van der Waals surface area contributed by atoms with E-state index in [4.69, 9.17) is 0 Å². The quantitative estimate of drug-likeness (QED) is 0.165. The lowest BCUT2D eigenvalue weighted by Gasteiger charge is -2.43. The van der Waals surface area contributed by atoms with Gasteiger partial charge in [-0.05, 0) is 68.6 Å². The molecule has 4 N–H and O–H groups in total. The molecular weight excluding hydrogens is 684 g/mol. The third kappa shape index (κ3) is 9.11. The molecular formula is C36H57F2N5O7S. The van der Waals surface area contributed by atoms with Gasteiger partial charge < -0.3 is 26.2 Å². The molecule has 15 heteroatoms. The molecule has 0 bridgehead atoms. The minimum Gasteiger partial charge on any atom is -0.346 e. The number of ketones is 1. The minimum atomic E-state index is -3.84. The SMILES string of the molecule is C=CCNC(=O)C(=O)C(CC1CC1)NC(=O)[C@@H]1[C@@H]2C(CN1C(=O)C(NC(=O)NC1(CS(=O)(=O)C(C)(C)C)CCC(F)(F)CC1)C(C)(C)C)C2(C)C. The molecule has 3 aliphatic carbocycles. The number of amides is 5. The van der Waals surface area contributed by atoms with Gasteiger partial charge in [-0.3, -0.25) is 19.2 Å². The van der Waals surface area contributed by atoms with Crippen molar-refractivity contribution in [2.75, 3.05) is 18.8 Å². The number of hydrogen-bond acceptors (Lipinski definition) is 7. The molecule has 0 aromatic carbocycles. The first-order valence-corrected chi connectivity index (χ1v) is 19.6. The first kappa shape index (κ1) is 40.7. The van der Waals surface area contributed by atoms with Gasteiger partial charge in [0, 0.05) is 25.9 Å². The normalized spacial score (nSPS) is 26.2. The van der Waals surface area contributed by atoms with Gasteiger partial charge in [-0.1, -0.05) is 53.5 Å². The zero-order valence-corrected chi connectivity index (χ0v) is 32.1. The number of alkyl halides is 2. The van der Waals surface area contributed by atoms with E-state index in [1.54, 1.807) is 20.8 Å². The number of carbonyl (C=O) groups excluding carboxylic acids is 5. The van der Waals surface area contributed by atoms with Crippen molar-refractivity contribution >= 4 is 39.4 Å². The predicted octanol–water partition coefficient (Wildman–Crippen LogP) is 3.50. The van der Waals surface area contributed by atoms with Gasteiger partial charge in [-0.25, -0.2) is 22.0 Å². The van der Waals surface area contributed by atoms with Crippen LogP contribution in [-0.4, -0.2) is 96.0 Å². The van der Waals surface area contributed by atoms with Crippen molar-refractivity contribution in [1.82, 2.24) is 26.2 Å². The van der Waals surface area contributed by atoms with Crippen molar-refractivity contribution < 1.29 is 41.2 Å². The van der Waals surface area contributed by atoms with Crippen molar-refractivity contribution in [3.05, 3.63) is 12.7 Å². The van der Waals surface area contributed by atoms with Gasteiger partial charge in [0.05, 0.1) is 22.1 Å². The minimum absolute atomic E-state index is 0.0186. The maximum Gasteiger partial charge on any atom is 0.315 e. The van der Waals surface area contributed by atoms with Crippen molar-refractivity contribution in [3.8, 4) is 0 Å². The Morgan fingerprint density at radius 1 is 0.961 bits per heavy atom. The van der Waals surface area contributed by atoms with Gasteiger partial charge in [-0.2, -0.15) is 0 Å². The van der Waals surface area contributed by atoms with Gasteiger partial charge >= 0.3 is 6.03 Å². The van der Waals surface area contributed by atoms with E-state index in [-0.39, 0.29) is 49.1 Å². The number of hydrogen-bond donors (Lipinski definition) is 4. The summed E-state index contributed by atoms with van der Waals surface area (Å²) in [5.74, 6) is -6.27. The fraction of sp³-hybridized carbons (Fsp3) is 0.806. The maximum absolute atomic E-state index is 14.4. The second-order valence-electron chi connectivity index (χ2n) is 17.9. The molecule has 1 saturated heterocycles. The van der Waals surface area contributed by atoms with Crippen LogP contribution in [0.15, 0.2) is 12.7 Å². The van der Waals surface area contributed by atoms with E-state index >= 15 is 0 Å². The van der Waals surface area contributed by atoms with Crippen molar-refractivity contribution in [1.29, 1.82) is 0 Å². The summed E-state index contributed by atoms with van der Waals surface area (Å²) >= 11 is 0. The number of nitrogens with one attached hydrogen (secondary N) is 4. The Bertz CT molecular complexity index is 1520. The van der Waals surface area contributed by atoms with Crippen LogP contribution in [0.25, 0.3) is 0 Å². The highest BCUT2D eigenvalue weighted by Crippen LogP contribution is 2.65. The lowest BCUT2D eigenvalue weighted by molar-refractivity contribution is -0.145. The predicted molar refractivity (Wildman–Crippen MR) is 188 cm³/mol. The number of sulfone groups is 1. The van der Waals surface area contributed by atoms with Crippen LogP contribution in [-0.2, 0) is 29.0 Å². The number of halogens is 2. The van der Waals surface area contributed by atoms with Gasteiger partial charge in [0.15, 0.2) is 9.84 Å². The Balaban J connectivity index is 1.56. The van der Waals surface area contributed by atoms with E-state index < -0.39 is 97.7 Å². The molecule has 51 heavy (non-hydrogen) atoms. The number of fused-ring (bicyclic) bond motifs is 1. The summed E-state index contributed by atoms with van der Waals surface area (Å²) in [5, 5.41) is 10.7. The zero-order valence-electron chi connectivity index (χ0n) is 31.3. The van der Waals surface area contributed by atoms with Crippen LogP contribution in [0.5, 0.6) is 0 Å². The molecule has 0 spiro atoms. The van der Waals surface area contributed by atoms with Crippen LogP contribution >= 0.6 is 0 Å². The molecule has 4 aliphatic rings. The van der Waals surface area contributed by atoms with Crippen LogP contribution in [0.2, 0.25) is 0 Å². The Hall–Kier alpha value is -3.10. The summed E-state index contributed by atoms with van der Waals surface area (Å²) in [6.07, 6.45) is 1.77. The van der Waals surface area contributed by atoms with Crippen molar-refractivity contribution in [2.24, 2.45) is 28.6 Å². The van der Waals surface area contributed by atoms with Crippen LogP contribution in [0.3, 0.4) is 0 Å². The number of carbonyl (C=O) groups is 5. The summed E-state index contributed by atoms with van der Waals surface area (Å²) in [6, 6.07) is -4.10. The Morgan fingerprint density at radius 2 is 1.55 bits per heavy atom. The van der Waals surface area contributed by atoms with E-state index in [9.17, 15) is 41.2 Å². The Kier molecular flexibility index (Phi) is 11.2. The standard InChI is InChI=1S/C36H57F2N5O7S/c1-10-17-39-29(46)26(44)23(18-21-11-12-21)40-28(45)25-24-22(34(24,8)9)19-43(25)30(47)27(32(2,3)4)41-31(48)42-35(13-15-36(37,38)16-14-35)20-51(49,50)33(5,6)7/h10,21-25,27H,1,11-20H2,2-9H3,(H,39,46)(H,40,45)(H2,41,42,48)/t22?,23?,24-,25-,27?/m0/s1. The monoisotopic (exact) mass is 741 g/mol. The van der Waals surface area contributed by atoms with Gasteiger partial charge in [0.25, 0.3) is 5.91 Å². The first-order chi connectivity index (χ1) is 23.3. The smallest absolute Gasteiger partial charge is 0.315 e. The molecule has 4 fully saturated rings. The molecule has 4 rings (SSSR count). The molecule has 0 radical (unpaired) electrons. The topological polar surface area (TPSA) is 171 Å². The number of Topliss-reactive ketones (excluding diaryl/α,β-unsaturated/α-hetero) is 1. The van der Waals surface area contributed by atoms with E-state index in [1.807, 2.05) is 13.8 Å². The fourth-order valence-corrected chi connectivity index (χ4v) is 9.12. The van der Waals surface area contributed by atoms with Gasteiger partial charge in [0.1, 0.15) is 12.1 Å². The van der Waals surface area contributed by atoms with Crippen LogP contribution in [0, 0.1) is 28.6 Å². The Morgan fingerprint density at radius 3 is 2.06 bits per heavy atom. The second kappa shape index (κ2) is 14.0. The third-order valence-electron chi connectivity index (χ3n) is 11.4. The van der Waals surface area contributed by atoms with Crippen molar-refractivity contribution in [3.63, 3.8) is 0 Å². The first-order valence-electron chi connectivity index (χ1n) is 18.0. The highest BCUT2D eigenvalue weighted by Gasteiger charge is 2.70. The Labute approximate surface area is 301 Å². The van der Waals surface area contributed by atoms with E-state index in [0.29, 0.717) is 6.42 Å². The number of likely N-dealkylation sites (tertiary alicyclic amines) is 1. The number of nitrogens with zero attached hydrogens (tertiary/aromatic N) is 1. The highest BCUT2D eigenvalue weighted by molar-refractivity contribution is 7.92. The zero-order chi connectivity index (χ0) is 38.5. The number of rotatable bonds is 13. The average Bonchev–Trinajstić information content (AvgIpc) is 3.85. The van der Waals surface area contributed by atoms with E-state index in [2.05, 4.69) is 27.8 Å². The summed E-state index contributed by atoms with van der Waals surface area (Å²) in [5.41, 5.74) is -2.64. The van der Waals surface area contributed by atoms with Crippen molar-refractivity contribution in [2.45, 2.75) is 135 Å². The van der Waals surface area contributed by atoms with Gasteiger partial charge in [0.2, 0.25) is 23.5 Å². The average molecular weight is 742 g/mol. The van der Waals surface area contributed by atoms with Crippen LogP contribution in [0.1, 0.15) is 100 Å². The highest BCUT2D eigenvalue weighted by atomic mass is 32.2. The molecule has 3 saturated carbocycles. The summed E-state index contributed by atoms with van der Waals surface area (Å²) < 4.78 is 53.9. The lowest BCUT2D eigenvalue weighted by atomic mass is 9.81. The molecule has 5 amide bonds. The van der Waals surface area contributed by atoms with E-state index in [1.165, 1.54) is 31.7 Å². The molecule has 0 aromatic heterocycles. The summed E-state index contributed by atoms with van der Waals surface area (Å²) in [7, 11) is -3.84. The molecule has 3 unspecified atom stereocenters. The molecule has 0 aromatic rings. The molecule has 5 atom stereocenters. The number of piperidine rings is 1. The molecule has 288 valence electrons. The molecule has 1 aliphatic heterocycles. The van der Waals surface area contributed by atoms with E-state index in [0.717, 1.165) is 12.8 Å². The van der Waals surface area contributed by atoms with Gasteiger partial charge in [-0.15, -0.1) is 6.58 Å². The molecule has 1 heterocycles. The summed E-state index contributed by atoms with van der Waals surface area (Å²) in [6.45, 7) is 17.6. The largest absolute Gasteiger partial charge is 0.346 e. The van der Waals surface area contributed by atoms with Crippen LogP contribution < -0.4 is 21.3 Å². The van der Waals surface area contributed by atoms with Crippen LogP contribution in [0.4, 0.5) is 13.6 Å². The lowest BCUT2D eigenvalue weighted by Crippen LogP contribution is -2.64. The number of urea groups is 1. The summed E-state index contributed by atoms with van der Waals surface area (Å²) in [4.78, 5) is 69.4. The maximum atomic E-state index is 14.4. The second-order valence-corrected chi connectivity index (χ2v) is 20.6. The molecule has 12 nitrogen and oxygen atoms in total. The third-order valence-corrected chi connectivity index (χ3v) is 14.2.